The highest BCUT2D eigenvalue weighted by Gasteiger charge is 2.69. The number of sulfone groups is 1. The SMILES string of the molecule is COC[C@]1(N)[C@@H](c2ccc(OC)cc2)[C@@H]1S(=O)(=O)c1ccccc1. The Bertz CT molecular complexity index is 805. The van der Waals surface area contributed by atoms with E-state index in [1.165, 1.54) is 7.11 Å². The minimum absolute atomic E-state index is 0.181. The molecule has 0 bridgehead atoms. The standard InChI is InChI=1S/C18H21NO4S/c1-22-12-18(19)16(13-8-10-14(23-2)11-9-13)17(18)24(20,21)15-6-4-3-5-7-15/h3-11,16-17H,12,19H2,1-2H3/t16-,17-,18-/m0/s1. The van der Waals surface area contributed by atoms with Gasteiger partial charge in [-0.3, -0.25) is 0 Å². The second-order valence-corrected chi connectivity index (χ2v) is 8.14. The van der Waals surface area contributed by atoms with Gasteiger partial charge in [0.15, 0.2) is 9.84 Å². The Balaban J connectivity index is 1.99. The molecule has 1 saturated carbocycles. The van der Waals surface area contributed by atoms with E-state index in [1.807, 2.05) is 24.3 Å². The molecule has 0 amide bonds. The van der Waals surface area contributed by atoms with Crippen molar-refractivity contribution < 1.29 is 17.9 Å². The molecule has 3 rings (SSSR count). The summed E-state index contributed by atoms with van der Waals surface area (Å²) < 4.78 is 36.4. The maximum Gasteiger partial charge on any atom is 0.183 e. The zero-order chi connectivity index (χ0) is 17.4. The topological polar surface area (TPSA) is 78.6 Å². The molecule has 1 fully saturated rings. The molecule has 128 valence electrons. The average Bonchev–Trinajstić information content (AvgIpc) is 3.22. The van der Waals surface area contributed by atoms with Gasteiger partial charge in [-0.2, -0.15) is 0 Å². The Morgan fingerprint density at radius 1 is 1.04 bits per heavy atom. The van der Waals surface area contributed by atoms with Gasteiger partial charge in [-0.25, -0.2) is 8.42 Å². The van der Waals surface area contributed by atoms with E-state index >= 15 is 0 Å². The van der Waals surface area contributed by atoms with Crippen molar-refractivity contribution in [3.63, 3.8) is 0 Å². The van der Waals surface area contributed by atoms with Crippen molar-refractivity contribution in [2.75, 3.05) is 20.8 Å². The lowest BCUT2D eigenvalue weighted by atomic mass is 10.1. The van der Waals surface area contributed by atoms with E-state index < -0.39 is 20.6 Å². The molecular formula is C18H21NO4S. The molecule has 3 atom stereocenters. The summed E-state index contributed by atoms with van der Waals surface area (Å²) in [5, 5.41) is -0.708. The van der Waals surface area contributed by atoms with Gasteiger partial charge in [0.25, 0.3) is 0 Å². The van der Waals surface area contributed by atoms with E-state index in [0.717, 1.165) is 11.3 Å². The Morgan fingerprint density at radius 3 is 2.21 bits per heavy atom. The van der Waals surface area contributed by atoms with Crippen molar-refractivity contribution in [1.29, 1.82) is 0 Å². The number of nitrogens with two attached hydrogens (primary N) is 1. The van der Waals surface area contributed by atoms with Gasteiger partial charge >= 0.3 is 0 Å². The molecule has 2 aromatic carbocycles. The lowest BCUT2D eigenvalue weighted by molar-refractivity contribution is 0.171. The second kappa shape index (κ2) is 6.20. The van der Waals surface area contributed by atoms with Gasteiger partial charge in [0.1, 0.15) is 5.75 Å². The van der Waals surface area contributed by atoms with Crippen molar-refractivity contribution in [3.8, 4) is 5.75 Å². The highest BCUT2D eigenvalue weighted by Crippen LogP contribution is 2.55. The average molecular weight is 347 g/mol. The third-order valence-corrected chi connectivity index (χ3v) is 6.89. The molecule has 0 aliphatic heterocycles. The predicted molar refractivity (Wildman–Crippen MR) is 91.9 cm³/mol. The fourth-order valence-corrected chi connectivity index (χ4v) is 5.68. The summed E-state index contributed by atoms with van der Waals surface area (Å²) in [5.74, 6) is 0.407. The van der Waals surface area contributed by atoms with E-state index in [0.29, 0.717) is 0 Å². The van der Waals surface area contributed by atoms with Crippen LogP contribution in [0.1, 0.15) is 11.5 Å². The van der Waals surface area contributed by atoms with E-state index in [2.05, 4.69) is 0 Å². The minimum atomic E-state index is -3.54. The summed E-state index contributed by atoms with van der Waals surface area (Å²) in [7, 11) is -0.423. The molecule has 2 N–H and O–H groups in total. The molecule has 6 heteroatoms. The molecule has 1 aliphatic carbocycles. The van der Waals surface area contributed by atoms with Crippen molar-refractivity contribution >= 4 is 9.84 Å². The molecule has 0 saturated heterocycles. The smallest absolute Gasteiger partial charge is 0.183 e. The molecule has 0 heterocycles. The summed E-state index contributed by atoms with van der Waals surface area (Å²) >= 11 is 0. The zero-order valence-corrected chi connectivity index (χ0v) is 14.5. The lowest BCUT2D eigenvalue weighted by Crippen LogP contribution is -2.35. The van der Waals surface area contributed by atoms with Crippen LogP contribution in [0, 0.1) is 0 Å². The Labute approximate surface area is 142 Å². The van der Waals surface area contributed by atoms with Crippen LogP contribution >= 0.6 is 0 Å². The molecule has 0 unspecified atom stereocenters. The van der Waals surface area contributed by atoms with Crippen molar-refractivity contribution in [2.45, 2.75) is 21.6 Å². The fraction of sp³-hybridized carbons (Fsp3) is 0.333. The Hall–Kier alpha value is -1.89. The predicted octanol–water partition coefficient (Wildman–Crippen LogP) is 1.98. The van der Waals surface area contributed by atoms with Crippen LogP contribution in [-0.4, -0.2) is 40.0 Å². The van der Waals surface area contributed by atoms with Crippen LogP contribution in [-0.2, 0) is 14.6 Å². The summed E-state index contributed by atoms with van der Waals surface area (Å²) in [5.41, 5.74) is 6.38. The first-order chi connectivity index (χ1) is 11.4. The van der Waals surface area contributed by atoms with E-state index in [4.69, 9.17) is 15.2 Å². The second-order valence-electron chi connectivity index (χ2n) is 6.07. The van der Waals surface area contributed by atoms with Gasteiger partial charge in [-0.05, 0) is 29.8 Å². The van der Waals surface area contributed by atoms with Gasteiger partial charge in [0.2, 0.25) is 0 Å². The molecule has 0 spiro atoms. The van der Waals surface area contributed by atoms with E-state index in [-0.39, 0.29) is 17.4 Å². The molecule has 1 aliphatic rings. The molecule has 2 aromatic rings. The number of benzene rings is 2. The van der Waals surface area contributed by atoms with Gasteiger partial charge in [-0.1, -0.05) is 30.3 Å². The summed E-state index contributed by atoms with van der Waals surface area (Å²) in [6, 6.07) is 15.8. The number of hydrogen-bond donors (Lipinski definition) is 1. The lowest BCUT2D eigenvalue weighted by Gasteiger charge is -2.11. The van der Waals surface area contributed by atoms with Crippen LogP contribution in [0.2, 0.25) is 0 Å². The van der Waals surface area contributed by atoms with E-state index in [1.54, 1.807) is 37.4 Å². The normalized spacial score (nSPS) is 26.1. The maximum absolute atomic E-state index is 13.0. The number of rotatable bonds is 6. The monoisotopic (exact) mass is 347 g/mol. The van der Waals surface area contributed by atoms with Gasteiger partial charge in [0, 0.05) is 13.0 Å². The molecule has 24 heavy (non-hydrogen) atoms. The number of ether oxygens (including phenoxy) is 2. The maximum atomic E-state index is 13.0. The van der Waals surface area contributed by atoms with Gasteiger partial charge < -0.3 is 15.2 Å². The van der Waals surface area contributed by atoms with Gasteiger partial charge in [-0.15, -0.1) is 0 Å². The third kappa shape index (κ3) is 2.70. The highest BCUT2D eigenvalue weighted by molar-refractivity contribution is 7.92. The first kappa shape index (κ1) is 17.0. The molecular weight excluding hydrogens is 326 g/mol. The van der Waals surface area contributed by atoms with Crippen LogP contribution in [0.15, 0.2) is 59.5 Å². The van der Waals surface area contributed by atoms with E-state index in [9.17, 15) is 8.42 Å². The number of hydrogen-bond acceptors (Lipinski definition) is 5. The zero-order valence-electron chi connectivity index (χ0n) is 13.7. The van der Waals surface area contributed by atoms with Crippen LogP contribution in [0.25, 0.3) is 0 Å². The first-order valence-electron chi connectivity index (χ1n) is 7.66. The number of methoxy groups -OCH3 is 2. The van der Waals surface area contributed by atoms with Crippen molar-refractivity contribution in [2.24, 2.45) is 5.73 Å². The summed E-state index contributed by atoms with van der Waals surface area (Å²) in [4.78, 5) is 0.289. The quantitative estimate of drug-likeness (QED) is 0.864. The fourth-order valence-electron chi connectivity index (χ4n) is 3.37. The largest absolute Gasteiger partial charge is 0.497 e. The van der Waals surface area contributed by atoms with Gasteiger partial charge in [0.05, 0.1) is 29.4 Å². The van der Waals surface area contributed by atoms with Crippen molar-refractivity contribution in [1.82, 2.24) is 0 Å². The molecule has 5 nitrogen and oxygen atoms in total. The first-order valence-corrected chi connectivity index (χ1v) is 9.20. The van der Waals surface area contributed by atoms with Crippen molar-refractivity contribution in [3.05, 3.63) is 60.2 Å². The summed E-state index contributed by atoms with van der Waals surface area (Å²) in [6.45, 7) is 0.181. The summed E-state index contributed by atoms with van der Waals surface area (Å²) in [6.07, 6.45) is 0. The Morgan fingerprint density at radius 2 is 1.67 bits per heavy atom. The van der Waals surface area contributed by atoms with Crippen LogP contribution in [0.5, 0.6) is 5.75 Å². The minimum Gasteiger partial charge on any atom is -0.497 e. The third-order valence-electron chi connectivity index (χ3n) is 4.58. The van der Waals surface area contributed by atoms with Crippen LogP contribution < -0.4 is 10.5 Å². The van der Waals surface area contributed by atoms with Crippen LogP contribution in [0.4, 0.5) is 0 Å². The van der Waals surface area contributed by atoms with Crippen LogP contribution in [0.3, 0.4) is 0 Å². The highest BCUT2D eigenvalue weighted by atomic mass is 32.2. The molecule has 0 aromatic heterocycles. The Kier molecular flexibility index (Phi) is 4.38. The molecule has 0 radical (unpaired) electrons.